The van der Waals surface area contributed by atoms with Crippen molar-refractivity contribution < 1.29 is 4.79 Å². The van der Waals surface area contributed by atoms with Crippen molar-refractivity contribution in [2.24, 2.45) is 0 Å². The van der Waals surface area contributed by atoms with E-state index in [9.17, 15) is 4.79 Å². The van der Waals surface area contributed by atoms with Gasteiger partial charge in [0.25, 0.3) is 0 Å². The molecule has 0 bridgehead atoms. The fourth-order valence-electron chi connectivity index (χ4n) is 3.03. The number of urea groups is 1. The zero-order valence-electron chi connectivity index (χ0n) is 10.9. The maximum absolute atomic E-state index is 12.3. The number of likely N-dealkylation sites (tertiary alicyclic amines) is 1. The second-order valence-corrected chi connectivity index (χ2v) is 7.51. The molecule has 3 rings (SSSR count). The lowest BCUT2D eigenvalue weighted by Crippen LogP contribution is -2.56. The van der Waals surface area contributed by atoms with Crippen LogP contribution in [-0.2, 0) is 0 Å². The number of nitrogens with zero attached hydrogens (tertiary/aromatic N) is 3. The summed E-state index contributed by atoms with van der Waals surface area (Å²) in [5.74, 6) is 0. The molecular formula is C13H22IN3O. The maximum atomic E-state index is 12.3. The van der Waals surface area contributed by atoms with E-state index >= 15 is 0 Å². The van der Waals surface area contributed by atoms with Crippen molar-refractivity contribution in [2.45, 2.75) is 35.6 Å². The molecule has 2 amide bonds. The number of carbonyl (C=O) groups excluding carboxylic acids is 1. The van der Waals surface area contributed by atoms with Gasteiger partial charge in [0.15, 0.2) is 0 Å². The highest BCUT2D eigenvalue weighted by molar-refractivity contribution is 14.1. The molecule has 3 fully saturated rings. The number of alkyl halides is 1. The topological polar surface area (TPSA) is 26.8 Å². The van der Waals surface area contributed by atoms with Crippen LogP contribution >= 0.6 is 22.6 Å². The first-order valence-electron chi connectivity index (χ1n) is 7.16. The normalized spacial score (nSPS) is 27.6. The summed E-state index contributed by atoms with van der Waals surface area (Å²) in [6.07, 6.45) is 5.28. The second kappa shape index (κ2) is 5.53. The van der Waals surface area contributed by atoms with Gasteiger partial charge in [-0.3, -0.25) is 4.90 Å². The van der Waals surface area contributed by atoms with Gasteiger partial charge in [-0.05, 0) is 19.3 Å². The minimum absolute atomic E-state index is 0.276. The van der Waals surface area contributed by atoms with Crippen molar-refractivity contribution in [3.05, 3.63) is 0 Å². The van der Waals surface area contributed by atoms with E-state index in [0.717, 1.165) is 45.2 Å². The van der Waals surface area contributed by atoms with Crippen molar-refractivity contribution in [1.29, 1.82) is 0 Å². The molecule has 2 heterocycles. The number of rotatable bonds is 1. The monoisotopic (exact) mass is 363 g/mol. The smallest absolute Gasteiger partial charge is 0.320 e. The Labute approximate surface area is 123 Å². The van der Waals surface area contributed by atoms with E-state index in [4.69, 9.17) is 0 Å². The lowest BCUT2D eigenvalue weighted by atomic mass is 9.91. The predicted octanol–water partition coefficient (Wildman–Crippen LogP) is 1.79. The van der Waals surface area contributed by atoms with Gasteiger partial charge < -0.3 is 9.80 Å². The molecular weight excluding hydrogens is 341 g/mol. The van der Waals surface area contributed by atoms with Crippen molar-refractivity contribution in [2.75, 3.05) is 39.3 Å². The summed E-state index contributed by atoms with van der Waals surface area (Å²) in [5, 5.41) is 0. The summed E-state index contributed by atoms with van der Waals surface area (Å²) >= 11 is 2.42. The van der Waals surface area contributed by atoms with Gasteiger partial charge in [0.1, 0.15) is 0 Å². The van der Waals surface area contributed by atoms with E-state index in [0.29, 0.717) is 3.92 Å². The first-order chi connectivity index (χ1) is 8.74. The Hall–Kier alpha value is -0.0400. The van der Waals surface area contributed by atoms with Gasteiger partial charge in [-0.15, -0.1) is 0 Å². The Morgan fingerprint density at radius 3 is 2.33 bits per heavy atom. The summed E-state index contributed by atoms with van der Waals surface area (Å²) in [6.45, 7) is 6.04. The number of hydrogen-bond acceptors (Lipinski definition) is 2. The first kappa shape index (κ1) is 13.0. The minimum atomic E-state index is 0.276. The van der Waals surface area contributed by atoms with Gasteiger partial charge in [-0.2, -0.15) is 0 Å². The zero-order valence-corrected chi connectivity index (χ0v) is 13.0. The third-order valence-corrected chi connectivity index (χ3v) is 5.29. The molecule has 2 saturated heterocycles. The average Bonchev–Trinajstić information content (AvgIpc) is 2.48. The minimum Gasteiger partial charge on any atom is -0.323 e. The van der Waals surface area contributed by atoms with Crippen LogP contribution in [0.25, 0.3) is 0 Å². The van der Waals surface area contributed by atoms with E-state index in [1.165, 1.54) is 25.8 Å². The Morgan fingerprint density at radius 2 is 1.72 bits per heavy atom. The van der Waals surface area contributed by atoms with E-state index in [1.54, 1.807) is 0 Å². The van der Waals surface area contributed by atoms with Gasteiger partial charge in [0.05, 0.1) is 0 Å². The van der Waals surface area contributed by atoms with Crippen LogP contribution < -0.4 is 0 Å². The van der Waals surface area contributed by atoms with Gasteiger partial charge >= 0.3 is 6.03 Å². The molecule has 0 radical (unpaired) electrons. The van der Waals surface area contributed by atoms with E-state index in [1.807, 2.05) is 4.90 Å². The van der Waals surface area contributed by atoms with Crippen LogP contribution in [0.1, 0.15) is 25.7 Å². The Morgan fingerprint density at radius 1 is 0.944 bits per heavy atom. The van der Waals surface area contributed by atoms with Crippen LogP contribution in [0.2, 0.25) is 0 Å². The maximum Gasteiger partial charge on any atom is 0.320 e. The molecule has 0 aromatic rings. The van der Waals surface area contributed by atoms with Gasteiger partial charge in [0.2, 0.25) is 0 Å². The van der Waals surface area contributed by atoms with Crippen LogP contribution in [0.5, 0.6) is 0 Å². The number of halogens is 1. The Bertz CT molecular complexity index is 315. The molecule has 0 unspecified atom stereocenters. The van der Waals surface area contributed by atoms with Gasteiger partial charge in [-0.25, -0.2) is 4.79 Å². The molecule has 0 N–H and O–H groups in total. The van der Waals surface area contributed by atoms with Crippen molar-refractivity contribution in [1.82, 2.24) is 14.7 Å². The molecule has 0 atom stereocenters. The highest BCUT2D eigenvalue weighted by Crippen LogP contribution is 2.26. The van der Waals surface area contributed by atoms with Crippen LogP contribution in [0.4, 0.5) is 4.79 Å². The van der Waals surface area contributed by atoms with Crippen molar-refractivity contribution in [3.8, 4) is 0 Å². The molecule has 18 heavy (non-hydrogen) atoms. The highest BCUT2D eigenvalue weighted by atomic mass is 127. The SMILES string of the molecule is O=C(N1CCCN(C2CCC2)CC1)N1CC(I)C1. The summed E-state index contributed by atoms with van der Waals surface area (Å²) < 4.78 is 0.671. The molecule has 5 heteroatoms. The Kier molecular flexibility index (Phi) is 3.98. The second-order valence-electron chi connectivity index (χ2n) is 5.75. The predicted molar refractivity (Wildman–Crippen MR) is 80.2 cm³/mol. The quantitative estimate of drug-likeness (QED) is 0.525. The zero-order chi connectivity index (χ0) is 12.5. The van der Waals surface area contributed by atoms with Crippen molar-refractivity contribution in [3.63, 3.8) is 0 Å². The first-order valence-corrected chi connectivity index (χ1v) is 8.40. The molecule has 0 spiro atoms. The molecule has 102 valence electrons. The van der Waals surface area contributed by atoms with Crippen LogP contribution in [0, 0.1) is 0 Å². The largest absolute Gasteiger partial charge is 0.323 e. The molecule has 3 aliphatic rings. The van der Waals surface area contributed by atoms with Crippen molar-refractivity contribution >= 4 is 28.6 Å². The molecule has 0 aromatic carbocycles. The summed E-state index contributed by atoms with van der Waals surface area (Å²) in [7, 11) is 0. The molecule has 1 aliphatic carbocycles. The third kappa shape index (κ3) is 2.61. The van der Waals surface area contributed by atoms with E-state index in [-0.39, 0.29) is 6.03 Å². The van der Waals surface area contributed by atoms with E-state index < -0.39 is 0 Å². The van der Waals surface area contributed by atoms with Gasteiger partial charge in [0, 0.05) is 49.2 Å². The third-order valence-electron chi connectivity index (χ3n) is 4.50. The number of amides is 2. The summed E-state index contributed by atoms with van der Waals surface area (Å²) in [4.78, 5) is 18.9. The number of carbonyl (C=O) groups is 1. The molecule has 2 aliphatic heterocycles. The fraction of sp³-hybridized carbons (Fsp3) is 0.923. The molecule has 4 nitrogen and oxygen atoms in total. The fourth-order valence-corrected chi connectivity index (χ4v) is 3.98. The summed E-state index contributed by atoms with van der Waals surface area (Å²) in [5.41, 5.74) is 0. The van der Waals surface area contributed by atoms with Crippen LogP contribution in [0.3, 0.4) is 0 Å². The van der Waals surface area contributed by atoms with Gasteiger partial charge in [-0.1, -0.05) is 29.0 Å². The lowest BCUT2D eigenvalue weighted by Gasteiger charge is -2.39. The standard InChI is InChI=1S/C13H22IN3O/c14-11-9-17(10-11)13(18)16-6-2-5-15(7-8-16)12-3-1-4-12/h11-12H,1-10H2. The highest BCUT2D eigenvalue weighted by Gasteiger charge is 2.33. The van der Waals surface area contributed by atoms with Crippen LogP contribution in [-0.4, -0.2) is 70.0 Å². The summed E-state index contributed by atoms with van der Waals surface area (Å²) in [6, 6.07) is 1.10. The van der Waals surface area contributed by atoms with E-state index in [2.05, 4.69) is 32.4 Å². The molecule has 0 aromatic heterocycles. The number of hydrogen-bond donors (Lipinski definition) is 0. The lowest BCUT2D eigenvalue weighted by molar-refractivity contribution is 0.120. The Balaban J connectivity index is 1.50. The average molecular weight is 363 g/mol. The van der Waals surface area contributed by atoms with Crippen LogP contribution in [0.15, 0.2) is 0 Å². The molecule has 1 saturated carbocycles.